The van der Waals surface area contributed by atoms with Crippen molar-refractivity contribution in [2.45, 2.75) is 6.54 Å². The van der Waals surface area contributed by atoms with Crippen molar-refractivity contribution in [1.82, 2.24) is 9.78 Å². The van der Waals surface area contributed by atoms with Gasteiger partial charge >= 0.3 is 11.4 Å². The molecule has 0 spiro atoms. The largest absolute Gasteiger partial charge is 1.00 e. The molecule has 4 rings (SSSR count). The third-order valence-corrected chi connectivity index (χ3v) is 4.11. The van der Waals surface area contributed by atoms with E-state index >= 15 is 0 Å². The maximum absolute atomic E-state index is 12.4. The fraction of sp³-hybridized carbons (Fsp3) is 0.105. The van der Waals surface area contributed by atoms with E-state index in [1.807, 2.05) is 59.3 Å². The molecule has 0 saturated carbocycles. The fourth-order valence-corrected chi connectivity index (χ4v) is 2.91. The number of benzene rings is 1. The first-order valence-corrected chi connectivity index (χ1v) is 8.04. The van der Waals surface area contributed by atoms with Crippen LogP contribution >= 0.6 is 0 Å². The summed E-state index contributed by atoms with van der Waals surface area (Å²) in [6.07, 6.45) is 5.56. The fourth-order valence-electron chi connectivity index (χ4n) is 2.91. The number of aliphatic imine (C=N–C) groups is 1. The van der Waals surface area contributed by atoms with Gasteiger partial charge in [-0.2, -0.15) is 4.57 Å². The number of allylic oxidation sites excluding steroid dienone is 1. The number of aromatic amines is 1. The van der Waals surface area contributed by atoms with Gasteiger partial charge in [0.05, 0.1) is 31.1 Å². The molecule has 1 aliphatic rings. The van der Waals surface area contributed by atoms with Crippen molar-refractivity contribution in [3.8, 4) is 0 Å². The Hall–Kier alpha value is -2.77. The van der Waals surface area contributed by atoms with Crippen LogP contribution in [0, 0.1) is 0 Å². The van der Waals surface area contributed by atoms with Crippen LogP contribution in [0.2, 0.25) is 0 Å². The van der Waals surface area contributed by atoms with E-state index in [0.717, 1.165) is 16.8 Å². The van der Waals surface area contributed by atoms with E-state index in [2.05, 4.69) is 16.2 Å². The first-order chi connectivity index (χ1) is 12.3. The van der Waals surface area contributed by atoms with Crippen molar-refractivity contribution in [2.75, 3.05) is 6.61 Å². The van der Waals surface area contributed by atoms with Gasteiger partial charge in [-0.1, -0.05) is 36.4 Å². The smallest absolute Gasteiger partial charge is 0.337 e. The van der Waals surface area contributed by atoms with Crippen LogP contribution in [-0.4, -0.2) is 27.3 Å². The quantitative estimate of drug-likeness (QED) is 0.516. The maximum Gasteiger partial charge on any atom is 0.337 e. The van der Waals surface area contributed by atoms with Gasteiger partial charge in [-0.3, -0.25) is 9.89 Å². The van der Waals surface area contributed by atoms with E-state index in [0.29, 0.717) is 11.5 Å². The van der Waals surface area contributed by atoms with Crippen molar-refractivity contribution in [1.29, 1.82) is 0 Å². The van der Waals surface area contributed by atoms with Gasteiger partial charge in [0.2, 0.25) is 0 Å². The second kappa shape index (κ2) is 7.63. The molecule has 26 heavy (non-hydrogen) atoms. The monoisotopic (exact) mass is 412 g/mol. The van der Waals surface area contributed by atoms with Gasteiger partial charge in [-0.05, 0) is 22.7 Å². The molecule has 3 heterocycles. The lowest BCUT2D eigenvalue weighted by Crippen LogP contribution is -3.00. The van der Waals surface area contributed by atoms with E-state index in [1.54, 1.807) is 6.20 Å². The average molecular weight is 413 g/mol. The summed E-state index contributed by atoms with van der Waals surface area (Å²) >= 11 is 0. The molecule has 3 aromatic rings. The number of fused-ring (bicyclic) bond motifs is 1. The first kappa shape index (κ1) is 18.0. The lowest BCUT2D eigenvalue weighted by atomic mass is 10.1. The second-order valence-electron chi connectivity index (χ2n) is 5.69. The molecular formula is C19H17BrN4O2. The highest BCUT2D eigenvalue weighted by Crippen LogP contribution is 2.24. The van der Waals surface area contributed by atoms with Gasteiger partial charge in [-0.25, -0.2) is 4.68 Å². The van der Waals surface area contributed by atoms with Crippen LogP contribution in [0.1, 0.15) is 11.3 Å². The Labute approximate surface area is 160 Å². The van der Waals surface area contributed by atoms with Crippen LogP contribution in [0.3, 0.4) is 0 Å². The highest BCUT2D eigenvalue weighted by atomic mass is 79.9. The van der Waals surface area contributed by atoms with Crippen LogP contribution in [0.5, 0.6) is 0 Å². The summed E-state index contributed by atoms with van der Waals surface area (Å²) in [5, 5.41) is 11.9. The number of rotatable bonds is 4. The highest BCUT2D eigenvalue weighted by molar-refractivity contribution is 6.25. The number of hydrogen-bond donors (Lipinski definition) is 2. The molecular weight excluding hydrogens is 396 g/mol. The number of H-pyrrole nitrogens is 1. The van der Waals surface area contributed by atoms with Crippen LogP contribution in [0.15, 0.2) is 70.7 Å². The molecule has 1 aliphatic heterocycles. The Bertz CT molecular complexity index is 1030. The van der Waals surface area contributed by atoms with Gasteiger partial charge in [-0.15, -0.1) is 0 Å². The minimum absolute atomic E-state index is 0. The number of aliphatic hydroxyl groups is 1. The SMILES string of the molecule is O=c1c(N=C2C(c3ccccc3)=Cc3cccc[n+]32)c[nH]n1CCO.[Br-]. The van der Waals surface area contributed by atoms with E-state index in [-0.39, 0.29) is 35.7 Å². The zero-order valence-electron chi connectivity index (χ0n) is 13.8. The standard InChI is InChI=1S/C19H16N4O2.BrH/c24-11-10-23-19(25)17(13-20-23)21-18-16(14-6-2-1-3-7-14)12-15-8-4-5-9-22(15)18;/h1-9,12-13,24H,10-11H2;1H. The predicted molar refractivity (Wildman–Crippen MR) is 95.6 cm³/mol. The van der Waals surface area contributed by atoms with E-state index < -0.39 is 0 Å². The molecule has 132 valence electrons. The Morgan fingerprint density at radius 2 is 1.88 bits per heavy atom. The van der Waals surface area contributed by atoms with E-state index in [1.165, 1.54) is 4.68 Å². The molecule has 0 bridgehead atoms. The number of aromatic nitrogens is 3. The van der Waals surface area contributed by atoms with E-state index in [9.17, 15) is 4.79 Å². The van der Waals surface area contributed by atoms with Gasteiger partial charge in [0.25, 0.3) is 5.69 Å². The number of pyridine rings is 1. The second-order valence-corrected chi connectivity index (χ2v) is 5.69. The van der Waals surface area contributed by atoms with E-state index in [4.69, 9.17) is 5.11 Å². The number of aliphatic hydroxyl groups excluding tert-OH is 1. The van der Waals surface area contributed by atoms with Crippen molar-refractivity contribution in [3.05, 3.63) is 82.5 Å². The molecule has 0 radical (unpaired) electrons. The molecule has 0 saturated heterocycles. The normalized spacial score (nSPS) is 14.0. The Morgan fingerprint density at radius 3 is 2.65 bits per heavy atom. The Balaban J connectivity index is 0.00000196. The summed E-state index contributed by atoms with van der Waals surface area (Å²) in [5.74, 6) is 0.703. The van der Waals surface area contributed by atoms with Gasteiger partial charge in [0.15, 0.2) is 0 Å². The maximum atomic E-state index is 12.4. The summed E-state index contributed by atoms with van der Waals surface area (Å²) < 4.78 is 3.31. The summed E-state index contributed by atoms with van der Waals surface area (Å²) in [6, 6.07) is 15.9. The molecule has 0 unspecified atom stereocenters. The molecule has 6 nitrogen and oxygen atoms in total. The predicted octanol–water partition coefficient (Wildman–Crippen LogP) is -1.41. The number of nitrogens with zero attached hydrogens (tertiary/aromatic N) is 3. The number of hydrogen-bond acceptors (Lipinski definition) is 3. The summed E-state index contributed by atoms with van der Waals surface area (Å²) in [4.78, 5) is 17.0. The van der Waals surface area contributed by atoms with Crippen LogP contribution < -0.4 is 27.1 Å². The Morgan fingerprint density at radius 1 is 1.12 bits per heavy atom. The number of nitrogens with one attached hydrogen (secondary N) is 1. The van der Waals surface area contributed by atoms with Crippen molar-refractivity contribution >= 4 is 23.2 Å². The molecule has 2 aromatic heterocycles. The lowest BCUT2D eigenvalue weighted by molar-refractivity contribution is -0.552. The molecule has 0 aliphatic carbocycles. The van der Waals surface area contributed by atoms with Gasteiger partial charge in [0.1, 0.15) is 5.69 Å². The third-order valence-electron chi connectivity index (χ3n) is 4.11. The zero-order chi connectivity index (χ0) is 17.2. The van der Waals surface area contributed by atoms with Crippen molar-refractivity contribution < 1.29 is 26.7 Å². The first-order valence-electron chi connectivity index (χ1n) is 8.04. The average Bonchev–Trinajstić information content (AvgIpc) is 3.19. The molecule has 7 heteroatoms. The zero-order valence-corrected chi connectivity index (χ0v) is 15.4. The van der Waals surface area contributed by atoms with Crippen molar-refractivity contribution in [2.24, 2.45) is 4.99 Å². The van der Waals surface area contributed by atoms with Crippen molar-refractivity contribution in [3.63, 3.8) is 0 Å². The summed E-state index contributed by atoms with van der Waals surface area (Å²) in [7, 11) is 0. The van der Waals surface area contributed by atoms with Crippen LogP contribution in [-0.2, 0) is 6.54 Å². The van der Waals surface area contributed by atoms with Gasteiger partial charge in [0, 0.05) is 6.08 Å². The van der Waals surface area contributed by atoms with Crippen LogP contribution in [0.4, 0.5) is 5.69 Å². The lowest BCUT2D eigenvalue weighted by Gasteiger charge is -2.00. The molecule has 0 amide bonds. The number of halogens is 1. The molecule has 1 aromatic carbocycles. The van der Waals surface area contributed by atoms with Gasteiger partial charge < -0.3 is 22.1 Å². The summed E-state index contributed by atoms with van der Waals surface area (Å²) in [5.41, 5.74) is 3.07. The molecule has 0 fully saturated rings. The molecule has 2 N–H and O–H groups in total. The highest BCUT2D eigenvalue weighted by Gasteiger charge is 2.30. The third kappa shape index (κ3) is 3.18. The minimum Gasteiger partial charge on any atom is -1.00 e. The topological polar surface area (TPSA) is 74.3 Å². The summed E-state index contributed by atoms with van der Waals surface area (Å²) in [6.45, 7) is 0.109. The van der Waals surface area contributed by atoms with Crippen LogP contribution in [0.25, 0.3) is 11.6 Å². The minimum atomic E-state index is -0.251. The Kier molecular flexibility index (Phi) is 5.29. The molecule has 0 atom stereocenters.